The van der Waals surface area contributed by atoms with Crippen LogP contribution < -0.4 is 18.9 Å². The number of aliphatic hydroxyl groups excluding tert-OH is 3. The Labute approximate surface area is 375 Å². The number of rotatable bonds is 6. The topological polar surface area (TPSA) is 357 Å². The van der Waals surface area contributed by atoms with E-state index in [0.717, 1.165) is 60.7 Å². The molecule has 0 aliphatic carbocycles. The van der Waals surface area contributed by atoms with Crippen LogP contribution in [0.1, 0.15) is 80.9 Å². The molecule has 4 aliphatic rings. The molecular formula is C47H38O20. The fourth-order valence-electron chi connectivity index (χ4n) is 9.89. The van der Waals surface area contributed by atoms with E-state index in [1.165, 1.54) is 18.2 Å². The zero-order chi connectivity index (χ0) is 47.7. The van der Waals surface area contributed by atoms with Crippen LogP contribution in [0.15, 0.2) is 78.9 Å². The molecule has 0 radical (unpaired) electrons. The van der Waals surface area contributed by atoms with Crippen molar-refractivity contribution < 1.29 is 100 Å². The maximum atomic E-state index is 12.7. The Balaban J connectivity index is 1.27. The Hall–Kier alpha value is -8.33. The predicted molar refractivity (Wildman–Crippen MR) is 223 cm³/mol. The summed E-state index contributed by atoms with van der Waals surface area (Å²) < 4.78 is 25.6. The van der Waals surface area contributed by atoms with Crippen molar-refractivity contribution in [3.63, 3.8) is 0 Å². The number of phenols is 11. The summed E-state index contributed by atoms with van der Waals surface area (Å²) in [6.07, 6.45) is -9.84. The molecule has 15 N–H and O–H groups in total. The van der Waals surface area contributed by atoms with E-state index >= 15 is 0 Å². The number of fused-ring (bicyclic) bond motifs is 9. The molecule has 67 heavy (non-hydrogen) atoms. The molecule has 0 unspecified atom stereocenters. The first-order valence-corrected chi connectivity index (χ1v) is 20.4. The molecule has 20 nitrogen and oxygen atoms in total. The Kier molecular flexibility index (Phi) is 9.45. The first-order chi connectivity index (χ1) is 31.8. The second-order valence-electron chi connectivity index (χ2n) is 16.7. The molecule has 6 aromatic rings. The zero-order valence-electron chi connectivity index (χ0n) is 34.1. The molecule has 346 valence electrons. The summed E-state index contributed by atoms with van der Waals surface area (Å²) in [5.41, 5.74) is -1.63. The van der Waals surface area contributed by atoms with Crippen molar-refractivity contribution in [3.05, 3.63) is 123 Å². The number of carbonyl (C=O) groups is 1. The molecule has 10 rings (SSSR count). The van der Waals surface area contributed by atoms with Gasteiger partial charge in [-0.25, -0.2) is 0 Å². The van der Waals surface area contributed by atoms with Gasteiger partial charge in [0, 0.05) is 63.6 Å². The Bertz CT molecular complexity index is 3080. The summed E-state index contributed by atoms with van der Waals surface area (Å²) in [7, 11) is 0. The van der Waals surface area contributed by atoms with Crippen LogP contribution in [-0.2, 0) is 10.6 Å². The molecule has 6 aromatic carbocycles. The monoisotopic (exact) mass is 922 g/mol. The van der Waals surface area contributed by atoms with Gasteiger partial charge < -0.3 is 95.5 Å². The van der Waals surface area contributed by atoms with Crippen LogP contribution in [0.3, 0.4) is 0 Å². The summed E-state index contributed by atoms with van der Waals surface area (Å²) in [5, 5.41) is 167. The summed E-state index contributed by atoms with van der Waals surface area (Å²) in [6, 6.07) is 14.0. The first kappa shape index (κ1) is 42.6. The van der Waals surface area contributed by atoms with Crippen LogP contribution in [-0.4, -0.2) is 101 Å². The second kappa shape index (κ2) is 14.9. The molecule has 0 amide bonds. The van der Waals surface area contributed by atoms with Crippen LogP contribution in [0, 0.1) is 0 Å². The molecule has 0 saturated heterocycles. The smallest absolute Gasteiger partial charge is 0.305 e. The van der Waals surface area contributed by atoms with Crippen molar-refractivity contribution in [3.8, 4) is 86.2 Å². The number of hydrogen-bond acceptors (Lipinski definition) is 19. The molecule has 4 aliphatic heterocycles. The highest BCUT2D eigenvalue weighted by atomic mass is 16.7. The second-order valence-corrected chi connectivity index (χ2v) is 16.7. The lowest BCUT2D eigenvalue weighted by Gasteiger charge is -2.51. The molecule has 0 spiro atoms. The minimum atomic E-state index is -2.37. The van der Waals surface area contributed by atoms with Gasteiger partial charge in [0.1, 0.15) is 70.1 Å². The van der Waals surface area contributed by atoms with Crippen LogP contribution >= 0.6 is 0 Å². The van der Waals surface area contributed by atoms with E-state index in [0.29, 0.717) is 0 Å². The van der Waals surface area contributed by atoms with Crippen LogP contribution in [0.4, 0.5) is 0 Å². The molecule has 20 heteroatoms. The van der Waals surface area contributed by atoms with Gasteiger partial charge in [-0.15, -0.1) is 0 Å². The van der Waals surface area contributed by atoms with Crippen LogP contribution in [0.5, 0.6) is 86.2 Å². The largest absolute Gasteiger partial charge is 0.508 e. The maximum absolute atomic E-state index is 12.7. The highest BCUT2D eigenvalue weighted by Gasteiger charge is 2.61. The van der Waals surface area contributed by atoms with E-state index in [2.05, 4.69) is 0 Å². The lowest BCUT2D eigenvalue weighted by molar-refractivity contribution is -0.219. The fourth-order valence-corrected chi connectivity index (χ4v) is 9.89. The SMILES string of the molecule is O=C(O)C[C@H]1c2c(O)cc(O)c([C@H]3c4c(O)cc5c(c4O[C@H](c4ccc(O)c(O)c4)[C@@H]3O)[C@H]3c4c(O)cc(O)cc4O[C@@](c4ccc(O)c(O)c4)(O5)[C@@H]3O)c2O[C@H](c2ccc(O)c(O)c2)[C@@H]1O. The average Bonchev–Trinajstić information content (AvgIpc) is 3.25. The van der Waals surface area contributed by atoms with Gasteiger partial charge >= 0.3 is 11.8 Å². The summed E-state index contributed by atoms with van der Waals surface area (Å²) in [5.74, 6) is -17.2. The van der Waals surface area contributed by atoms with Gasteiger partial charge in [0.25, 0.3) is 0 Å². The van der Waals surface area contributed by atoms with Gasteiger partial charge in [-0.1, -0.05) is 12.1 Å². The zero-order valence-corrected chi connectivity index (χ0v) is 34.1. The van der Waals surface area contributed by atoms with Crippen molar-refractivity contribution in [1.82, 2.24) is 0 Å². The Morgan fingerprint density at radius 2 is 0.970 bits per heavy atom. The van der Waals surface area contributed by atoms with Crippen molar-refractivity contribution in [2.24, 2.45) is 0 Å². The lowest BCUT2D eigenvalue weighted by Crippen LogP contribution is -2.57. The van der Waals surface area contributed by atoms with Crippen LogP contribution in [0.25, 0.3) is 0 Å². The van der Waals surface area contributed by atoms with Gasteiger partial charge in [0.05, 0.1) is 18.3 Å². The summed E-state index contributed by atoms with van der Waals surface area (Å²) in [4.78, 5) is 12.4. The van der Waals surface area contributed by atoms with Gasteiger partial charge in [-0.3, -0.25) is 4.79 Å². The summed E-state index contributed by atoms with van der Waals surface area (Å²) >= 11 is 0. The van der Waals surface area contributed by atoms with Gasteiger partial charge in [0.15, 0.2) is 46.7 Å². The average molecular weight is 923 g/mol. The molecular weight excluding hydrogens is 884 g/mol. The number of carboxylic acids is 1. The summed E-state index contributed by atoms with van der Waals surface area (Å²) in [6.45, 7) is 0. The van der Waals surface area contributed by atoms with E-state index < -0.39 is 147 Å². The standard InChI is InChI=1S/C47H38O20/c48-18-10-26(55)34-30(11-18)66-47(17-3-6-22(51)25(54)9-17)46(63)39(34)37-31(67-47)14-29(58)36-38(41(62)43(65-45(36)37)16-2-5-21(50)24(53)8-16)35-28(57)13-27(56)33-19(12-32(59)60)40(61)42(64-44(33)35)15-1-4-20(49)23(52)7-15/h1-11,13-14,19,38-43,46,48-58,61-63H,12H2,(H,59,60)/t19-,38-,39+,40+,41+,42+,43+,46+,47-/m0/s1. The maximum Gasteiger partial charge on any atom is 0.305 e. The minimum Gasteiger partial charge on any atom is -0.508 e. The number of benzene rings is 6. The molecule has 2 bridgehead atoms. The number of ether oxygens (including phenoxy) is 4. The highest BCUT2D eigenvalue weighted by Crippen LogP contribution is 2.66. The molecule has 9 atom stereocenters. The number of aromatic hydroxyl groups is 11. The van der Waals surface area contributed by atoms with Gasteiger partial charge in [-0.2, -0.15) is 0 Å². The van der Waals surface area contributed by atoms with Gasteiger partial charge in [0.2, 0.25) is 0 Å². The normalized spacial score (nSPS) is 25.4. The van der Waals surface area contributed by atoms with E-state index in [4.69, 9.17) is 18.9 Å². The van der Waals surface area contributed by atoms with Crippen molar-refractivity contribution >= 4 is 5.97 Å². The third-order valence-electron chi connectivity index (χ3n) is 12.9. The number of aliphatic carboxylic acids is 1. The van der Waals surface area contributed by atoms with Crippen LogP contribution in [0.2, 0.25) is 0 Å². The van der Waals surface area contributed by atoms with Gasteiger partial charge in [-0.05, 0) is 53.6 Å². The van der Waals surface area contributed by atoms with Crippen molar-refractivity contribution in [2.45, 2.75) is 60.5 Å². The third-order valence-corrected chi connectivity index (χ3v) is 12.9. The Morgan fingerprint density at radius 1 is 0.478 bits per heavy atom. The van der Waals surface area contributed by atoms with Crippen molar-refractivity contribution in [2.75, 3.05) is 0 Å². The number of hydrogen-bond donors (Lipinski definition) is 15. The molecule has 0 aromatic heterocycles. The highest BCUT2D eigenvalue weighted by molar-refractivity contribution is 5.74. The number of aliphatic hydroxyl groups is 3. The lowest BCUT2D eigenvalue weighted by atomic mass is 9.71. The quantitative estimate of drug-likeness (QED) is 0.104. The minimum absolute atomic E-state index is 0.0134. The molecule has 0 fully saturated rings. The predicted octanol–water partition coefficient (Wildman–Crippen LogP) is 4.26. The van der Waals surface area contributed by atoms with Crippen molar-refractivity contribution in [1.29, 1.82) is 0 Å². The number of carboxylic acid groups (broad SMARTS) is 1. The Morgan fingerprint density at radius 3 is 1.54 bits per heavy atom. The molecule has 4 heterocycles. The molecule has 0 saturated carbocycles. The fraction of sp³-hybridized carbons (Fsp3) is 0.213. The van der Waals surface area contributed by atoms with E-state index in [-0.39, 0.29) is 50.4 Å². The van der Waals surface area contributed by atoms with E-state index in [1.807, 2.05) is 0 Å². The third kappa shape index (κ3) is 6.28. The van der Waals surface area contributed by atoms with E-state index in [9.17, 15) is 81.4 Å². The van der Waals surface area contributed by atoms with E-state index in [1.54, 1.807) is 0 Å². The number of phenolic OH excluding ortho intramolecular Hbond substituents is 11. The first-order valence-electron chi connectivity index (χ1n) is 20.4.